The second-order valence-electron chi connectivity index (χ2n) is 5.89. The second-order valence-corrected chi connectivity index (χ2v) is 5.89. The van der Waals surface area contributed by atoms with Crippen LogP contribution in [0.15, 0.2) is 48.5 Å². The maximum absolute atomic E-state index is 13.9. The Kier molecular flexibility index (Phi) is 4.35. The quantitative estimate of drug-likeness (QED) is 0.891. The van der Waals surface area contributed by atoms with Crippen LogP contribution in [-0.4, -0.2) is 13.1 Å². The SMILES string of the molecule is CNC(Cc1ccccc1F)C1CCCc2ccccc21. The molecule has 2 heteroatoms. The van der Waals surface area contributed by atoms with Crippen LogP contribution in [0.3, 0.4) is 0 Å². The summed E-state index contributed by atoms with van der Waals surface area (Å²) in [4.78, 5) is 0. The van der Waals surface area contributed by atoms with E-state index in [0.717, 1.165) is 12.0 Å². The maximum Gasteiger partial charge on any atom is 0.126 e. The van der Waals surface area contributed by atoms with Gasteiger partial charge in [0.2, 0.25) is 0 Å². The molecule has 0 fully saturated rings. The van der Waals surface area contributed by atoms with Crippen molar-refractivity contribution in [1.29, 1.82) is 0 Å². The van der Waals surface area contributed by atoms with Crippen molar-refractivity contribution in [2.75, 3.05) is 7.05 Å². The van der Waals surface area contributed by atoms with Gasteiger partial charge in [0.1, 0.15) is 5.82 Å². The lowest BCUT2D eigenvalue weighted by molar-refractivity contribution is 0.406. The van der Waals surface area contributed by atoms with Crippen molar-refractivity contribution in [2.45, 2.75) is 37.6 Å². The van der Waals surface area contributed by atoms with Gasteiger partial charge in [0.25, 0.3) is 0 Å². The van der Waals surface area contributed by atoms with E-state index in [1.807, 2.05) is 19.2 Å². The van der Waals surface area contributed by atoms with Crippen molar-refractivity contribution >= 4 is 0 Å². The first-order valence-electron chi connectivity index (χ1n) is 7.78. The van der Waals surface area contributed by atoms with Crippen LogP contribution in [0.2, 0.25) is 0 Å². The van der Waals surface area contributed by atoms with Crippen LogP contribution in [0.4, 0.5) is 4.39 Å². The van der Waals surface area contributed by atoms with Gasteiger partial charge in [-0.25, -0.2) is 4.39 Å². The number of fused-ring (bicyclic) bond motifs is 1. The van der Waals surface area contributed by atoms with E-state index in [2.05, 4.69) is 29.6 Å². The van der Waals surface area contributed by atoms with Crippen molar-refractivity contribution in [3.63, 3.8) is 0 Å². The number of hydrogen-bond donors (Lipinski definition) is 1. The van der Waals surface area contributed by atoms with Gasteiger partial charge in [0.05, 0.1) is 0 Å². The van der Waals surface area contributed by atoms with Crippen molar-refractivity contribution in [1.82, 2.24) is 5.32 Å². The fourth-order valence-corrected chi connectivity index (χ4v) is 3.56. The van der Waals surface area contributed by atoms with Crippen molar-refractivity contribution in [2.24, 2.45) is 0 Å². The van der Waals surface area contributed by atoms with Crippen LogP contribution in [0.1, 0.15) is 35.4 Å². The number of halogens is 1. The lowest BCUT2D eigenvalue weighted by Crippen LogP contribution is -2.36. The molecule has 1 nitrogen and oxygen atoms in total. The average molecular weight is 283 g/mol. The molecule has 2 aromatic carbocycles. The number of rotatable bonds is 4. The standard InChI is InChI=1S/C19H22FN/c1-21-19(13-15-8-3-5-12-18(15)20)17-11-6-9-14-7-2-4-10-16(14)17/h2-5,7-8,10,12,17,19,21H,6,9,11,13H2,1H3. The minimum absolute atomic E-state index is 0.0955. The molecule has 110 valence electrons. The van der Waals surface area contributed by atoms with Gasteiger partial charge < -0.3 is 5.32 Å². The van der Waals surface area contributed by atoms with E-state index in [1.54, 1.807) is 12.1 Å². The topological polar surface area (TPSA) is 12.0 Å². The number of aryl methyl sites for hydroxylation is 1. The third kappa shape index (κ3) is 3.01. The van der Waals surface area contributed by atoms with E-state index in [-0.39, 0.29) is 11.9 Å². The third-order valence-electron chi connectivity index (χ3n) is 4.67. The van der Waals surface area contributed by atoms with Gasteiger partial charge >= 0.3 is 0 Å². The highest BCUT2D eigenvalue weighted by molar-refractivity contribution is 5.34. The zero-order valence-corrected chi connectivity index (χ0v) is 12.5. The summed E-state index contributed by atoms with van der Waals surface area (Å²) >= 11 is 0. The van der Waals surface area contributed by atoms with E-state index in [0.29, 0.717) is 5.92 Å². The Balaban J connectivity index is 1.86. The van der Waals surface area contributed by atoms with Crippen LogP contribution >= 0.6 is 0 Å². The first-order chi connectivity index (χ1) is 10.3. The Morgan fingerprint density at radius 3 is 2.71 bits per heavy atom. The molecule has 3 rings (SSSR count). The zero-order chi connectivity index (χ0) is 14.7. The Bertz CT molecular complexity index is 608. The summed E-state index contributed by atoms with van der Waals surface area (Å²) in [6.07, 6.45) is 4.30. The van der Waals surface area contributed by atoms with E-state index in [1.165, 1.54) is 30.4 Å². The molecular formula is C19H22FN. The number of hydrogen-bond acceptors (Lipinski definition) is 1. The Morgan fingerprint density at radius 2 is 1.90 bits per heavy atom. The molecule has 21 heavy (non-hydrogen) atoms. The fourth-order valence-electron chi connectivity index (χ4n) is 3.56. The van der Waals surface area contributed by atoms with Gasteiger partial charge in [-0.2, -0.15) is 0 Å². The first kappa shape index (κ1) is 14.3. The third-order valence-corrected chi connectivity index (χ3v) is 4.67. The van der Waals surface area contributed by atoms with Crippen molar-refractivity contribution < 1.29 is 4.39 Å². The molecule has 0 heterocycles. The molecule has 1 aliphatic rings. The number of likely N-dealkylation sites (N-methyl/N-ethyl adjacent to an activating group) is 1. The molecule has 2 aromatic rings. The van der Waals surface area contributed by atoms with E-state index in [9.17, 15) is 4.39 Å². The zero-order valence-electron chi connectivity index (χ0n) is 12.5. The summed E-state index contributed by atoms with van der Waals surface area (Å²) in [7, 11) is 1.99. The second kappa shape index (κ2) is 6.40. The van der Waals surface area contributed by atoms with Crippen LogP contribution in [0, 0.1) is 5.82 Å². The molecule has 2 unspecified atom stereocenters. The largest absolute Gasteiger partial charge is 0.316 e. The Hall–Kier alpha value is -1.67. The molecule has 2 atom stereocenters. The van der Waals surface area contributed by atoms with Crippen LogP contribution in [-0.2, 0) is 12.8 Å². The smallest absolute Gasteiger partial charge is 0.126 e. The fraction of sp³-hybridized carbons (Fsp3) is 0.368. The summed E-state index contributed by atoms with van der Waals surface area (Å²) in [6, 6.07) is 16.1. The molecule has 0 radical (unpaired) electrons. The van der Waals surface area contributed by atoms with Crippen molar-refractivity contribution in [3.8, 4) is 0 Å². The predicted molar refractivity (Wildman–Crippen MR) is 85.1 cm³/mol. The van der Waals surface area contributed by atoms with Crippen LogP contribution in [0.5, 0.6) is 0 Å². The molecule has 0 aromatic heterocycles. The molecule has 0 bridgehead atoms. The molecular weight excluding hydrogens is 261 g/mol. The first-order valence-corrected chi connectivity index (χ1v) is 7.78. The monoisotopic (exact) mass is 283 g/mol. The minimum Gasteiger partial charge on any atom is -0.316 e. The summed E-state index contributed by atoms with van der Waals surface area (Å²) in [5.74, 6) is 0.376. The average Bonchev–Trinajstić information content (AvgIpc) is 2.54. The molecule has 1 N–H and O–H groups in total. The normalized spacial score (nSPS) is 19.0. The number of nitrogens with one attached hydrogen (secondary N) is 1. The lowest BCUT2D eigenvalue weighted by Gasteiger charge is -2.32. The Morgan fingerprint density at radius 1 is 1.14 bits per heavy atom. The maximum atomic E-state index is 13.9. The molecule has 0 amide bonds. The van der Waals surface area contributed by atoms with Gasteiger partial charge in [-0.1, -0.05) is 42.5 Å². The van der Waals surface area contributed by atoms with Crippen LogP contribution in [0.25, 0.3) is 0 Å². The molecule has 1 aliphatic carbocycles. The van der Waals surface area contributed by atoms with Gasteiger partial charge in [0.15, 0.2) is 0 Å². The van der Waals surface area contributed by atoms with Gasteiger partial charge in [0, 0.05) is 6.04 Å². The van der Waals surface area contributed by atoms with E-state index >= 15 is 0 Å². The summed E-state index contributed by atoms with van der Waals surface area (Å²) in [5.41, 5.74) is 3.71. The van der Waals surface area contributed by atoms with Gasteiger partial charge in [-0.15, -0.1) is 0 Å². The van der Waals surface area contributed by atoms with E-state index < -0.39 is 0 Å². The van der Waals surface area contributed by atoms with Gasteiger partial charge in [-0.05, 0) is 61.4 Å². The van der Waals surface area contributed by atoms with Gasteiger partial charge in [-0.3, -0.25) is 0 Å². The predicted octanol–water partition coefficient (Wildman–Crippen LogP) is 4.08. The summed E-state index contributed by atoms with van der Waals surface area (Å²) in [6.45, 7) is 0. The highest BCUT2D eigenvalue weighted by atomic mass is 19.1. The minimum atomic E-state index is -0.0955. The Labute approximate surface area is 126 Å². The van der Waals surface area contributed by atoms with E-state index in [4.69, 9.17) is 0 Å². The number of benzene rings is 2. The summed E-state index contributed by atoms with van der Waals surface area (Å²) < 4.78 is 13.9. The highest BCUT2D eigenvalue weighted by Gasteiger charge is 2.27. The molecule has 0 saturated heterocycles. The molecule has 0 saturated carbocycles. The summed E-state index contributed by atoms with van der Waals surface area (Å²) in [5, 5.41) is 3.42. The molecule has 0 spiro atoms. The lowest BCUT2D eigenvalue weighted by atomic mass is 9.77. The molecule has 0 aliphatic heterocycles. The van der Waals surface area contributed by atoms with Crippen LogP contribution < -0.4 is 5.32 Å². The highest BCUT2D eigenvalue weighted by Crippen LogP contribution is 2.35. The van der Waals surface area contributed by atoms with Crippen molar-refractivity contribution in [3.05, 3.63) is 71.0 Å².